The number of nitrogens with zero attached hydrogens (tertiary/aromatic N) is 1. The van der Waals surface area contributed by atoms with Gasteiger partial charge in [-0.3, -0.25) is 9.59 Å². The van der Waals surface area contributed by atoms with Gasteiger partial charge in [0, 0.05) is 6.54 Å². The fraction of sp³-hybridized carbons (Fsp3) is 0.462. The number of para-hydroxylation sites is 1. The van der Waals surface area contributed by atoms with Gasteiger partial charge in [0.2, 0.25) is 0 Å². The van der Waals surface area contributed by atoms with Crippen LogP contribution in [0.3, 0.4) is 0 Å². The summed E-state index contributed by atoms with van der Waals surface area (Å²) in [5.41, 5.74) is 2.37. The average molecular weight is 458 g/mol. The van der Waals surface area contributed by atoms with Crippen molar-refractivity contribution in [1.82, 2.24) is 4.90 Å². The highest BCUT2D eigenvalue weighted by Crippen LogP contribution is 2.22. The molecule has 180 valence electrons. The van der Waals surface area contributed by atoms with Gasteiger partial charge in [-0.15, -0.1) is 0 Å². The highest BCUT2D eigenvalue weighted by atomic mass is 16.6. The van der Waals surface area contributed by atoms with Crippen molar-refractivity contribution in [2.45, 2.75) is 44.6 Å². The van der Waals surface area contributed by atoms with Crippen LogP contribution in [-0.4, -0.2) is 62.4 Å². The van der Waals surface area contributed by atoms with Gasteiger partial charge in [-0.25, -0.2) is 0 Å². The molecule has 2 rings (SSSR count). The largest absolute Gasteiger partial charge is 0.497 e. The minimum Gasteiger partial charge on any atom is -0.497 e. The molecule has 0 radical (unpaired) electrons. The second-order valence-electron chi connectivity index (χ2n) is 8.25. The lowest BCUT2D eigenvalue weighted by Gasteiger charge is -2.22. The second kappa shape index (κ2) is 14.2. The molecule has 0 saturated heterocycles. The molecule has 0 heterocycles. The van der Waals surface area contributed by atoms with E-state index in [1.165, 1.54) is 5.56 Å². The maximum atomic E-state index is 12.0. The van der Waals surface area contributed by atoms with Crippen LogP contribution in [0.1, 0.15) is 36.8 Å². The fourth-order valence-electron chi connectivity index (χ4n) is 3.49. The predicted molar refractivity (Wildman–Crippen MR) is 127 cm³/mol. The summed E-state index contributed by atoms with van der Waals surface area (Å²) in [6, 6.07) is 16.0. The van der Waals surface area contributed by atoms with E-state index in [2.05, 4.69) is 18.2 Å². The van der Waals surface area contributed by atoms with E-state index in [0.717, 1.165) is 42.7 Å². The van der Waals surface area contributed by atoms with Gasteiger partial charge >= 0.3 is 11.9 Å². The molecule has 0 spiro atoms. The molecule has 0 aliphatic carbocycles. The van der Waals surface area contributed by atoms with E-state index < -0.39 is 18.0 Å². The topological polar surface area (TPSA) is 85.3 Å². The number of ether oxygens (including phenoxy) is 3. The first-order chi connectivity index (χ1) is 15.9. The highest BCUT2D eigenvalue weighted by molar-refractivity contribution is 5.76. The number of carbonyl (C=O) groups excluding carboxylic acids is 1. The number of aliphatic carboxylic acids is 1. The molecule has 0 bridgehead atoms. The Morgan fingerprint density at radius 3 is 2.48 bits per heavy atom. The van der Waals surface area contributed by atoms with Crippen molar-refractivity contribution < 1.29 is 28.9 Å². The summed E-state index contributed by atoms with van der Waals surface area (Å²) in [5.74, 6) is 0.109. The van der Waals surface area contributed by atoms with Crippen LogP contribution in [0, 0.1) is 0 Å². The molecule has 2 aromatic rings. The lowest BCUT2D eigenvalue weighted by Crippen LogP contribution is -2.35. The lowest BCUT2D eigenvalue weighted by atomic mass is 10.0. The Morgan fingerprint density at radius 2 is 1.76 bits per heavy atom. The first-order valence-corrected chi connectivity index (χ1v) is 11.3. The van der Waals surface area contributed by atoms with E-state index in [0.29, 0.717) is 6.54 Å². The summed E-state index contributed by atoms with van der Waals surface area (Å²) in [7, 11) is 5.44. The number of benzene rings is 2. The summed E-state index contributed by atoms with van der Waals surface area (Å²) < 4.78 is 16.8. The van der Waals surface area contributed by atoms with Gasteiger partial charge in [0.15, 0.2) is 0 Å². The number of unbranched alkanes of at least 4 members (excludes halogenated alkanes) is 1. The molecule has 0 aliphatic rings. The molecule has 1 N–H and O–H groups in total. The van der Waals surface area contributed by atoms with Gasteiger partial charge in [-0.05, 0) is 69.1 Å². The molecule has 0 saturated carbocycles. The van der Waals surface area contributed by atoms with Gasteiger partial charge in [0.25, 0.3) is 0 Å². The molecule has 33 heavy (non-hydrogen) atoms. The van der Waals surface area contributed by atoms with Gasteiger partial charge in [0.1, 0.15) is 24.2 Å². The molecule has 0 aromatic heterocycles. The quantitative estimate of drug-likeness (QED) is 0.320. The van der Waals surface area contributed by atoms with Crippen LogP contribution in [0.2, 0.25) is 0 Å². The van der Waals surface area contributed by atoms with Crippen LogP contribution >= 0.6 is 0 Å². The molecule has 0 amide bonds. The van der Waals surface area contributed by atoms with Crippen molar-refractivity contribution in [3.63, 3.8) is 0 Å². The summed E-state index contributed by atoms with van der Waals surface area (Å²) in [6.45, 7) is 0.694. The third kappa shape index (κ3) is 10.4. The van der Waals surface area contributed by atoms with E-state index in [1.807, 2.05) is 49.3 Å². The van der Waals surface area contributed by atoms with Gasteiger partial charge < -0.3 is 24.2 Å². The number of hydrogen-bond donors (Lipinski definition) is 1. The van der Waals surface area contributed by atoms with Crippen LogP contribution in [0.25, 0.3) is 0 Å². The normalized spacial score (nSPS) is 11.8. The second-order valence-corrected chi connectivity index (χ2v) is 8.25. The number of carboxylic acids is 1. The van der Waals surface area contributed by atoms with E-state index in [-0.39, 0.29) is 19.4 Å². The number of methoxy groups -OCH3 is 1. The van der Waals surface area contributed by atoms with Crippen LogP contribution in [0.5, 0.6) is 11.5 Å². The number of aryl methyl sites for hydroxylation is 2. The predicted octanol–water partition coefficient (Wildman–Crippen LogP) is 3.98. The summed E-state index contributed by atoms with van der Waals surface area (Å²) in [5, 5.41) is 8.76. The van der Waals surface area contributed by atoms with Crippen molar-refractivity contribution in [2.24, 2.45) is 0 Å². The third-order valence-corrected chi connectivity index (χ3v) is 5.10. The first-order valence-electron chi connectivity index (χ1n) is 11.3. The molecule has 7 heteroatoms. The number of rotatable bonds is 15. The average Bonchev–Trinajstić information content (AvgIpc) is 2.79. The molecule has 7 nitrogen and oxygen atoms in total. The van der Waals surface area contributed by atoms with E-state index in [4.69, 9.17) is 19.3 Å². The Kier molecular flexibility index (Phi) is 11.2. The Balaban J connectivity index is 1.87. The number of esters is 1. The maximum absolute atomic E-state index is 12.0. The Labute approximate surface area is 196 Å². The number of carbonyl (C=O) groups is 2. The molecule has 1 unspecified atom stereocenters. The van der Waals surface area contributed by atoms with Crippen molar-refractivity contribution >= 4 is 11.9 Å². The fourth-order valence-corrected chi connectivity index (χ4v) is 3.49. The molecule has 0 aliphatic heterocycles. The Hall–Kier alpha value is -3.06. The molecule has 2 aromatic carbocycles. The van der Waals surface area contributed by atoms with E-state index in [9.17, 15) is 9.59 Å². The zero-order valence-corrected chi connectivity index (χ0v) is 19.8. The number of likely N-dealkylation sites (N-methyl/N-ethyl adjacent to an activating group) is 1. The lowest BCUT2D eigenvalue weighted by molar-refractivity contribution is -0.153. The number of hydrogen-bond acceptors (Lipinski definition) is 6. The highest BCUT2D eigenvalue weighted by Gasteiger charge is 2.18. The third-order valence-electron chi connectivity index (χ3n) is 5.10. The molecular weight excluding hydrogens is 422 g/mol. The first kappa shape index (κ1) is 26.2. The van der Waals surface area contributed by atoms with Gasteiger partial charge in [0.05, 0.1) is 20.0 Å². The van der Waals surface area contributed by atoms with Crippen LogP contribution in [0.4, 0.5) is 0 Å². The zero-order chi connectivity index (χ0) is 24.1. The standard InChI is InChI=1S/C26H35NO6/c1-27(2)18-23(33-26(30)16-15-25(28)29)19-32-24-14-7-6-12-21(24)11-5-4-9-20-10-8-13-22(17-20)31-3/h6-8,10,12-14,17,23H,4-5,9,11,15-16,18-19H2,1-3H3,(H,28,29). The van der Waals surface area contributed by atoms with Crippen molar-refractivity contribution in [1.29, 1.82) is 0 Å². The SMILES string of the molecule is COc1cccc(CCCCc2ccccc2OCC(CN(C)C)OC(=O)CCC(=O)O)c1. The minimum absolute atomic E-state index is 0.150. The van der Waals surface area contributed by atoms with Gasteiger partial charge in [-0.2, -0.15) is 0 Å². The molecule has 0 fully saturated rings. The summed E-state index contributed by atoms with van der Waals surface area (Å²) in [4.78, 5) is 24.6. The maximum Gasteiger partial charge on any atom is 0.306 e. The van der Waals surface area contributed by atoms with Crippen LogP contribution in [0.15, 0.2) is 48.5 Å². The zero-order valence-electron chi connectivity index (χ0n) is 19.8. The minimum atomic E-state index is -1.02. The summed E-state index contributed by atoms with van der Waals surface area (Å²) >= 11 is 0. The monoisotopic (exact) mass is 457 g/mol. The summed E-state index contributed by atoms with van der Waals surface area (Å²) in [6.07, 6.45) is 3.06. The molecular formula is C26H35NO6. The van der Waals surface area contributed by atoms with Crippen molar-refractivity contribution in [3.8, 4) is 11.5 Å². The van der Waals surface area contributed by atoms with E-state index in [1.54, 1.807) is 7.11 Å². The van der Waals surface area contributed by atoms with Crippen molar-refractivity contribution in [2.75, 3.05) is 34.4 Å². The van der Waals surface area contributed by atoms with Crippen LogP contribution < -0.4 is 9.47 Å². The Bertz CT molecular complexity index is 883. The number of carboxylic acid groups (broad SMARTS) is 1. The van der Waals surface area contributed by atoms with Crippen molar-refractivity contribution in [3.05, 3.63) is 59.7 Å². The molecule has 1 atom stereocenters. The van der Waals surface area contributed by atoms with Crippen LogP contribution in [-0.2, 0) is 27.2 Å². The smallest absolute Gasteiger partial charge is 0.306 e. The van der Waals surface area contributed by atoms with E-state index >= 15 is 0 Å². The Morgan fingerprint density at radius 1 is 1.00 bits per heavy atom. The van der Waals surface area contributed by atoms with Gasteiger partial charge in [-0.1, -0.05) is 30.3 Å².